The van der Waals surface area contributed by atoms with E-state index in [2.05, 4.69) is 36.2 Å². The van der Waals surface area contributed by atoms with Crippen molar-refractivity contribution in [3.63, 3.8) is 0 Å². The summed E-state index contributed by atoms with van der Waals surface area (Å²) in [6.45, 7) is 4.10. The van der Waals surface area contributed by atoms with Crippen molar-refractivity contribution in [3.05, 3.63) is 30.3 Å². The number of benzene rings is 1. The highest BCUT2D eigenvalue weighted by Gasteiger charge is 2.44. The van der Waals surface area contributed by atoms with E-state index in [0.717, 1.165) is 39.0 Å². The summed E-state index contributed by atoms with van der Waals surface area (Å²) in [6.07, 6.45) is 2.99. The maximum Gasteiger partial charge on any atom is 0.219 e. The Kier molecular flexibility index (Phi) is 3.89. The van der Waals surface area contributed by atoms with Crippen LogP contribution in [0, 0.1) is 0 Å². The third-order valence-corrected chi connectivity index (χ3v) is 5.02. The van der Waals surface area contributed by atoms with Crippen LogP contribution in [0.25, 0.3) is 0 Å². The van der Waals surface area contributed by atoms with E-state index in [-0.39, 0.29) is 11.5 Å². The summed E-state index contributed by atoms with van der Waals surface area (Å²) in [5.74, 6) is 0.181. The Bertz CT molecular complexity index is 495. The summed E-state index contributed by atoms with van der Waals surface area (Å²) >= 11 is 0. The summed E-state index contributed by atoms with van der Waals surface area (Å²) in [7, 11) is 2.15. The molecule has 21 heavy (non-hydrogen) atoms. The van der Waals surface area contributed by atoms with Gasteiger partial charge in [0.15, 0.2) is 0 Å². The fourth-order valence-electron chi connectivity index (χ4n) is 3.52. The van der Waals surface area contributed by atoms with Crippen molar-refractivity contribution in [1.82, 2.24) is 4.90 Å². The molecule has 2 saturated heterocycles. The standard InChI is InChI=1S/C17H24N2O2/c1-14(20)19-10-8-17(9-11-19)12-16(13-21-17)18(2)15-6-4-3-5-7-15/h3-7,16H,8-13H2,1-2H3. The molecule has 3 rings (SSSR count). The Morgan fingerprint density at radius 1 is 1.29 bits per heavy atom. The predicted octanol–water partition coefficient (Wildman–Crippen LogP) is 2.29. The molecule has 1 aromatic rings. The first-order chi connectivity index (χ1) is 10.1. The van der Waals surface area contributed by atoms with Gasteiger partial charge in [0, 0.05) is 32.7 Å². The van der Waals surface area contributed by atoms with Crippen LogP contribution in [0.3, 0.4) is 0 Å². The average Bonchev–Trinajstić information content (AvgIpc) is 2.92. The van der Waals surface area contributed by atoms with Gasteiger partial charge >= 0.3 is 0 Å². The van der Waals surface area contributed by atoms with Crippen LogP contribution >= 0.6 is 0 Å². The van der Waals surface area contributed by atoms with Crippen molar-refractivity contribution >= 4 is 11.6 Å². The molecule has 0 aliphatic carbocycles. The first-order valence-electron chi connectivity index (χ1n) is 7.77. The van der Waals surface area contributed by atoms with Gasteiger partial charge in [0.2, 0.25) is 5.91 Å². The number of para-hydroxylation sites is 1. The number of anilines is 1. The monoisotopic (exact) mass is 288 g/mol. The quantitative estimate of drug-likeness (QED) is 0.837. The van der Waals surface area contributed by atoms with Crippen molar-refractivity contribution in [2.24, 2.45) is 0 Å². The SMILES string of the molecule is CC(=O)N1CCC2(CC1)CC(N(C)c1ccccc1)CO2. The zero-order chi connectivity index (χ0) is 14.9. The van der Waals surface area contributed by atoms with Crippen molar-refractivity contribution in [2.45, 2.75) is 37.8 Å². The molecule has 0 saturated carbocycles. The van der Waals surface area contributed by atoms with Gasteiger partial charge in [0.05, 0.1) is 18.2 Å². The van der Waals surface area contributed by atoms with Crippen LogP contribution in [0.1, 0.15) is 26.2 Å². The lowest BCUT2D eigenvalue weighted by molar-refractivity contribution is -0.133. The zero-order valence-electron chi connectivity index (χ0n) is 12.9. The van der Waals surface area contributed by atoms with Crippen LogP contribution in [0.15, 0.2) is 30.3 Å². The number of nitrogens with zero attached hydrogens (tertiary/aromatic N) is 2. The predicted molar refractivity (Wildman–Crippen MR) is 83.4 cm³/mol. The van der Waals surface area contributed by atoms with E-state index >= 15 is 0 Å². The first kappa shape index (κ1) is 14.4. The van der Waals surface area contributed by atoms with Crippen LogP contribution in [-0.4, -0.2) is 49.2 Å². The number of carbonyl (C=O) groups is 1. The molecule has 1 unspecified atom stereocenters. The molecule has 1 atom stereocenters. The van der Waals surface area contributed by atoms with E-state index in [1.165, 1.54) is 5.69 Å². The molecule has 1 aromatic carbocycles. The summed E-state index contributed by atoms with van der Waals surface area (Å²) in [5.41, 5.74) is 1.23. The van der Waals surface area contributed by atoms with Crippen LogP contribution in [0.2, 0.25) is 0 Å². The maximum atomic E-state index is 11.4. The molecule has 2 fully saturated rings. The van der Waals surface area contributed by atoms with Gasteiger partial charge in [-0.05, 0) is 31.4 Å². The molecule has 2 aliphatic rings. The van der Waals surface area contributed by atoms with Crippen LogP contribution in [0.4, 0.5) is 5.69 Å². The minimum absolute atomic E-state index is 0.0142. The third-order valence-electron chi connectivity index (χ3n) is 5.02. The first-order valence-corrected chi connectivity index (χ1v) is 7.77. The fourth-order valence-corrected chi connectivity index (χ4v) is 3.52. The number of amides is 1. The summed E-state index contributed by atoms with van der Waals surface area (Å²) in [6, 6.07) is 10.9. The lowest BCUT2D eigenvalue weighted by Gasteiger charge is -2.38. The van der Waals surface area contributed by atoms with E-state index in [0.29, 0.717) is 6.04 Å². The van der Waals surface area contributed by atoms with Gasteiger partial charge in [0.25, 0.3) is 0 Å². The highest BCUT2D eigenvalue weighted by molar-refractivity contribution is 5.73. The molecule has 2 heterocycles. The second-order valence-corrected chi connectivity index (χ2v) is 6.30. The van der Waals surface area contributed by atoms with Gasteiger partial charge in [-0.2, -0.15) is 0 Å². The summed E-state index contributed by atoms with van der Waals surface area (Å²) < 4.78 is 6.19. The molecule has 0 radical (unpaired) electrons. The van der Waals surface area contributed by atoms with Crippen molar-refractivity contribution in [2.75, 3.05) is 31.6 Å². The van der Waals surface area contributed by atoms with E-state index in [1.807, 2.05) is 11.0 Å². The Morgan fingerprint density at radius 3 is 2.57 bits per heavy atom. The average molecular weight is 288 g/mol. The molecule has 4 heteroatoms. The number of hydrogen-bond acceptors (Lipinski definition) is 3. The number of ether oxygens (including phenoxy) is 1. The molecule has 114 valence electrons. The van der Waals surface area contributed by atoms with Crippen molar-refractivity contribution < 1.29 is 9.53 Å². The van der Waals surface area contributed by atoms with Gasteiger partial charge in [-0.25, -0.2) is 0 Å². The molecule has 0 aromatic heterocycles. The largest absolute Gasteiger partial charge is 0.373 e. The van der Waals surface area contributed by atoms with Gasteiger partial charge < -0.3 is 14.5 Å². The molecule has 0 bridgehead atoms. The number of likely N-dealkylation sites (N-methyl/N-ethyl adjacent to an activating group) is 1. The molecule has 2 aliphatic heterocycles. The normalized spacial score (nSPS) is 24.3. The zero-order valence-corrected chi connectivity index (χ0v) is 12.9. The Labute approximate surface area is 126 Å². The second kappa shape index (κ2) is 5.68. The summed E-state index contributed by atoms with van der Waals surface area (Å²) in [5, 5.41) is 0. The third kappa shape index (κ3) is 2.91. The number of likely N-dealkylation sites (tertiary alicyclic amines) is 1. The van der Waals surface area contributed by atoms with Gasteiger partial charge in [-0.15, -0.1) is 0 Å². The smallest absolute Gasteiger partial charge is 0.219 e. The minimum Gasteiger partial charge on any atom is -0.373 e. The van der Waals surface area contributed by atoms with Crippen molar-refractivity contribution in [3.8, 4) is 0 Å². The van der Waals surface area contributed by atoms with E-state index < -0.39 is 0 Å². The minimum atomic E-state index is -0.0142. The van der Waals surface area contributed by atoms with Crippen LogP contribution in [-0.2, 0) is 9.53 Å². The lowest BCUT2D eigenvalue weighted by atomic mass is 9.87. The number of rotatable bonds is 2. The second-order valence-electron chi connectivity index (χ2n) is 6.30. The fraction of sp³-hybridized carbons (Fsp3) is 0.588. The molecule has 4 nitrogen and oxygen atoms in total. The van der Waals surface area contributed by atoms with Gasteiger partial charge in [-0.3, -0.25) is 4.79 Å². The van der Waals surface area contributed by atoms with Gasteiger partial charge in [0.1, 0.15) is 0 Å². The van der Waals surface area contributed by atoms with Gasteiger partial charge in [-0.1, -0.05) is 18.2 Å². The van der Waals surface area contributed by atoms with E-state index in [9.17, 15) is 4.79 Å². The van der Waals surface area contributed by atoms with E-state index in [4.69, 9.17) is 4.74 Å². The number of hydrogen-bond donors (Lipinski definition) is 0. The van der Waals surface area contributed by atoms with Crippen LogP contribution < -0.4 is 4.90 Å². The molecule has 1 amide bonds. The molecular weight excluding hydrogens is 264 g/mol. The summed E-state index contributed by atoms with van der Waals surface area (Å²) in [4.78, 5) is 15.7. The Morgan fingerprint density at radius 2 is 1.95 bits per heavy atom. The highest BCUT2D eigenvalue weighted by atomic mass is 16.5. The number of piperidine rings is 1. The lowest BCUT2D eigenvalue weighted by Crippen LogP contribution is -2.46. The highest BCUT2D eigenvalue weighted by Crippen LogP contribution is 2.38. The van der Waals surface area contributed by atoms with Crippen molar-refractivity contribution in [1.29, 1.82) is 0 Å². The maximum absolute atomic E-state index is 11.4. The van der Waals surface area contributed by atoms with Crippen LogP contribution in [0.5, 0.6) is 0 Å². The molecule has 0 N–H and O–H groups in total. The topological polar surface area (TPSA) is 32.8 Å². The molecular formula is C17H24N2O2. The van der Waals surface area contributed by atoms with E-state index in [1.54, 1.807) is 6.92 Å². The number of carbonyl (C=O) groups excluding carboxylic acids is 1. The Hall–Kier alpha value is -1.55. The molecule has 1 spiro atoms. The Balaban J connectivity index is 1.62.